The van der Waals surface area contributed by atoms with Crippen molar-refractivity contribution in [1.29, 1.82) is 0 Å². The molecule has 8 heteroatoms. The zero-order valence-electron chi connectivity index (χ0n) is 13.7. The van der Waals surface area contributed by atoms with Crippen LogP contribution < -0.4 is 9.46 Å². The average molecular weight is 349 g/mol. The molecule has 0 radical (unpaired) electrons. The maximum atomic E-state index is 12.4. The maximum Gasteiger partial charge on any atom is 0.274 e. The lowest BCUT2D eigenvalue weighted by atomic mass is 10.0. The Morgan fingerprint density at radius 2 is 2.12 bits per heavy atom. The highest BCUT2D eigenvalue weighted by Crippen LogP contribution is 2.28. The molecule has 0 saturated carbocycles. The second-order valence-corrected chi connectivity index (χ2v) is 7.59. The van der Waals surface area contributed by atoms with Gasteiger partial charge in [-0.25, -0.2) is 13.1 Å². The number of rotatable bonds is 3. The lowest BCUT2D eigenvalue weighted by molar-refractivity contribution is -0.126. The van der Waals surface area contributed by atoms with E-state index in [1.165, 1.54) is 10.9 Å². The molecule has 1 N–H and O–H groups in total. The zero-order chi connectivity index (χ0) is 17.5. The molecule has 1 atom stereocenters. The Morgan fingerprint density at radius 1 is 1.38 bits per heavy atom. The SMILES string of the molecule is Cc1ccc2c(c1)CCC(C(=O)NS(=O)(=O)c1cnn(C)c1C)O2. The van der Waals surface area contributed by atoms with Gasteiger partial charge in [-0.2, -0.15) is 5.10 Å². The van der Waals surface area contributed by atoms with Crippen molar-refractivity contribution in [1.82, 2.24) is 14.5 Å². The molecule has 0 spiro atoms. The molecule has 128 valence electrons. The van der Waals surface area contributed by atoms with Gasteiger partial charge in [-0.15, -0.1) is 0 Å². The van der Waals surface area contributed by atoms with E-state index in [0.717, 1.165) is 11.1 Å². The van der Waals surface area contributed by atoms with Gasteiger partial charge in [-0.1, -0.05) is 17.7 Å². The third-order valence-corrected chi connectivity index (χ3v) is 5.62. The van der Waals surface area contributed by atoms with Crippen LogP contribution in [0.15, 0.2) is 29.3 Å². The minimum absolute atomic E-state index is 0.00909. The van der Waals surface area contributed by atoms with Gasteiger partial charge in [0.15, 0.2) is 6.10 Å². The number of carbonyl (C=O) groups excluding carboxylic acids is 1. The number of sulfonamides is 1. The molecule has 0 saturated heterocycles. The zero-order valence-corrected chi connectivity index (χ0v) is 14.6. The van der Waals surface area contributed by atoms with Gasteiger partial charge in [0, 0.05) is 7.05 Å². The van der Waals surface area contributed by atoms with E-state index in [9.17, 15) is 13.2 Å². The number of hydrogen-bond donors (Lipinski definition) is 1. The van der Waals surface area contributed by atoms with Crippen LogP contribution in [0.3, 0.4) is 0 Å². The van der Waals surface area contributed by atoms with E-state index in [2.05, 4.69) is 9.82 Å². The van der Waals surface area contributed by atoms with Crippen molar-refractivity contribution >= 4 is 15.9 Å². The summed E-state index contributed by atoms with van der Waals surface area (Å²) in [7, 11) is -2.33. The number of aryl methyl sites for hydroxylation is 3. The van der Waals surface area contributed by atoms with Crippen LogP contribution in [0.4, 0.5) is 0 Å². The minimum atomic E-state index is -3.97. The average Bonchev–Trinajstić information content (AvgIpc) is 2.86. The van der Waals surface area contributed by atoms with Crippen LogP contribution >= 0.6 is 0 Å². The van der Waals surface area contributed by atoms with Crippen molar-refractivity contribution in [2.45, 2.75) is 37.7 Å². The van der Waals surface area contributed by atoms with Crippen molar-refractivity contribution in [3.8, 4) is 5.75 Å². The first-order valence-corrected chi connectivity index (χ1v) is 9.07. The predicted molar refractivity (Wildman–Crippen MR) is 87.2 cm³/mol. The molecule has 24 heavy (non-hydrogen) atoms. The van der Waals surface area contributed by atoms with Crippen LogP contribution in [0.2, 0.25) is 0 Å². The van der Waals surface area contributed by atoms with Crippen molar-refractivity contribution in [3.63, 3.8) is 0 Å². The second kappa shape index (κ2) is 5.94. The maximum absolute atomic E-state index is 12.4. The highest BCUT2D eigenvalue weighted by Gasteiger charge is 2.30. The Kier molecular flexibility index (Phi) is 4.08. The molecule has 1 aliphatic heterocycles. The summed E-state index contributed by atoms with van der Waals surface area (Å²) in [6, 6.07) is 5.72. The number of hydrogen-bond acceptors (Lipinski definition) is 5. The molecule has 0 fully saturated rings. The van der Waals surface area contributed by atoms with Crippen LogP contribution in [-0.4, -0.2) is 30.2 Å². The summed E-state index contributed by atoms with van der Waals surface area (Å²) < 4.78 is 33.9. The van der Waals surface area contributed by atoms with E-state index >= 15 is 0 Å². The highest BCUT2D eigenvalue weighted by molar-refractivity contribution is 7.90. The smallest absolute Gasteiger partial charge is 0.274 e. The second-order valence-electron chi connectivity index (χ2n) is 5.94. The van der Waals surface area contributed by atoms with Crippen LogP contribution in [-0.2, 0) is 28.3 Å². The van der Waals surface area contributed by atoms with Crippen molar-refractivity contribution in [2.24, 2.45) is 7.05 Å². The molecule has 1 unspecified atom stereocenters. The first-order valence-electron chi connectivity index (χ1n) is 7.59. The first kappa shape index (κ1) is 16.5. The van der Waals surface area contributed by atoms with E-state index in [4.69, 9.17) is 4.74 Å². The number of carbonyl (C=O) groups is 1. The third kappa shape index (κ3) is 3.01. The van der Waals surface area contributed by atoms with Crippen molar-refractivity contribution in [2.75, 3.05) is 0 Å². The van der Waals surface area contributed by atoms with Crippen LogP contribution in [0, 0.1) is 13.8 Å². The fourth-order valence-electron chi connectivity index (χ4n) is 2.70. The molecule has 1 aliphatic rings. The summed E-state index contributed by atoms with van der Waals surface area (Å²) in [4.78, 5) is 12.3. The molecule has 1 aromatic carbocycles. The van der Waals surface area contributed by atoms with Gasteiger partial charge in [0.2, 0.25) is 0 Å². The van der Waals surface area contributed by atoms with Crippen LogP contribution in [0.1, 0.15) is 23.2 Å². The van der Waals surface area contributed by atoms with E-state index in [0.29, 0.717) is 24.3 Å². The lowest BCUT2D eigenvalue weighted by Gasteiger charge is -2.25. The molecule has 0 aliphatic carbocycles. The Labute approximate surface area is 140 Å². The lowest BCUT2D eigenvalue weighted by Crippen LogP contribution is -2.43. The fourth-order valence-corrected chi connectivity index (χ4v) is 3.91. The van der Waals surface area contributed by atoms with Gasteiger partial charge in [0.1, 0.15) is 10.6 Å². The molecule has 1 amide bonds. The summed E-state index contributed by atoms with van der Waals surface area (Å²) in [6.45, 7) is 3.61. The number of amides is 1. The summed E-state index contributed by atoms with van der Waals surface area (Å²) in [5, 5.41) is 3.90. The van der Waals surface area contributed by atoms with Gasteiger partial charge in [0.05, 0.1) is 11.9 Å². The molecular formula is C16H19N3O4S. The fraction of sp³-hybridized carbons (Fsp3) is 0.375. The van der Waals surface area contributed by atoms with Gasteiger partial charge in [-0.3, -0.25) is 9.48 Å². The largest absolute Gasteiger partial charge is 0.480 e. The van der Waals surface area contributed by atoms with Crippen LogP contribution in [0.25, 0.3) is 0 Å². The topological polar surface area (TPSA) is 90.3 Å². The van der Waals surface area contributed by atoms with E-state index in [-0.39, 0.29) is 4.90 Å². The van der Waals surface area contributed by atoms with Crippen LogP contribution in [0.5, 0.6) is 5.75 Å². The Morgan fingerprint density at radius 3 is 2.79 bits per heavy atom. The number of fused-ring (bicyclic) bond motifs is 1. The van der Waals surface area contributed by atoms with E-state index in [1.54, 1.807) is 14.0 Å². The Hall–Kier alpha value is -2.35. The monoisotopic (exact) mass is 349 g/mol. The standard InChI is InChI=1S/C16H19N3O4S/c1-10-4-6-13-12(8-10)5-7-14(23-13)16(20)18-24(21,22)15-9-17-19(3)11(15)2/h4,6,8-9,14H,5,7H2,1-3H3,(H,18,20). The normalized spacial score (nSPS) is 17.0. The third-order valence-electron chi connectivity index (χ3n) is 4.17. The molecule has 7 nitrogen and oxygen atoms in total. The van der Waals surface area contributed by atoms with Gasteiger partial charge in [0.25, 0.3) is 15.9 Å². The Bertz CT molecular complexity index is 902. The summed E-state index contributed by atoms with van der Waals surface area (Å²) in [6.07, 6.45) is 1.50. The molecule has 2 heterocycles. The Balaban J connectivity index is 1.76. The van der Waals surface area contributed by atoms with Gasteiger partial charge < -0.3 is 4.74 Å². The predicted octanol–water partition coefficient (Wildman–Crippen LogP) is 1.24. The summed E-state index contributed by atoms with van der Waals surface area (Å²) in [5.41, 5.74) is 2.61. The number of ether oxygens (including phenoxy) is 1. The van der Waals surface area contributed by atoms with Gasteiger partial charge in [-0.05, 0) is 38.3 Å². The van der Waals surface area contributed by atoms with Crippen molar-refractivity contribution < 1.29 is 17.9 Å². The number of benzene rings is 1. The molecule has 2 aromatic rings. The van der Waals surface area contributed by atoms with Gasteiger partial charge >= 0.3 is 0 Å². The summed E-state index contributed by atoms with van der Waals surface area (Å²) >= 11 is 0. The molecule has 1 aromatic heterocycles. The highest BCUT2D eigenvalue weighted by atomic mass is 32.2. The molecular weight excluding hydrogens is 330 g/mol. The molecule has 3 rings (SSSR count). The van der Waals surface area contributed by atoms with Crippen molar-refractivity contribution in [3.05, 3.63) is 41.2 Å². The number of nitrogens with zero attached hydrogens (tertiary/aromatic N) is 2. The minimum Gasteiger partial charge on any atom is -0.480 e. The van der Waals surface area contributed by atoms with E-state index < -0.39 is 22.0 Å². The first-order chi connectivity index (χ1) is 11.3. The van der Waals surface area contributed by atoms with E-state index in [1.807, 2.05) is 25.1 Å². The molecule has 0 bridgehead atoms. The number of aromatic nitrogens is 2. The quantitative estimate of drug-likeness (QED) is 0.900. The number of nitrogens with one attached hydrogen (secondary N) is 1. The summed E-state index contributed by atoms with van der Waals surface area (Å²) in [5.74, 6) is -0.0357.